The molecule has 1 unspecified atom stereocenters. The lowest BCUT2D eigenvalue weighted by molar-refractivity contribution is -0.143. The van der Waals surface area contributed by atoms with Crippen LogP contribution in [0.25, 0.3) is 0 Å². The number of nitrogens with zero attached hydrogens (tertiary/aromatic N) is 2. The number of ether oxygens (including phenoxy) is 2. The summed E-state index contributed by atoms with van der Waals surface area (Å²) in [5.74, 6) is 0.430. The minimum atomic E-state index is -0.124. The fourth-order valence-corrected chi connectivity index (χ4v) is 2.70. The second kappa shape index (κ2) is 6.87. The SMILES string of the molecule is CC(C)(C)OCN1CCCC(C(=O)N2CCOCC2)C1. The van der Waals surface area contributed by atoms with Crippen LogP contribution in [0.2, 0.25) is 0 Å². The third-order valence-corrected chi connectivity index (χ3v) is 3.86. The van der Waals surface area contributed by atoms with Crippen LogP contribution in [0.1, 0.15) is 33.6 Å². The number of amides is 1. The summed E-state index contributed by atoms with van der Waals surface area (Å²) in [5, 5.41) is 0. The summed E-state index contributed by atoms with van der Waals surface area (Å²) in [4.78, 5) is 16.7. The maximum atomic E-state index is 12.5. The van der Waals surface area contributed by atoms with Crippen molar-refractivity contribution in [2.24, 2.45) is 5.92 Å². The lowest BCUT2D eigenvalue weighted by Crippen LogP contribution is -2.49. The van der Waals surface area contributed by atoms with Gasteiger partial charge in [-0.15, -0.1) is 0 Å². The number of rotatable bonds is 3. The molecule has 2 heterocycles. The molecule has 5 nitrogen and oxygen atoms in total. The van der Waals surface area contributed by atoms with E-state index in [1.54, 1.807) is 0 Å². The van der Waals surface area contributed by atoms with E-state index in [9.17, 15) is 4.79 Å². The Morgan fingerprint density at radius 2 is 1.95 bits per heavy atom. The molecule has 2 aliphatic heterocycles. The molecule has 1 amide bonds. The Kier molecular flexibility index (Phi) is 5.41. The van der Waals surface area contributed by atoms with Crippen LogP contribution in [0.4, 0.5) is 0 Å². The van der Waals surface area contributed by atoms with Gasteiger partial charge in [0.2, 0.25) is 5.91 Å². The highest BCUT2D eigenvalue weighted by Gasteiger charge is 2.30. The van der Waals surface area contributed by atoms with Crippen molar-refractivity contribution in [1.82, 2.24) is 9.80 Å². The molecule has 0 spiro atoms. The zero-order chi connectivity index (χ0) is 14.6. The van der Waals surface area contributed by atoms with Crippen LogP contribution in [0, 0.1) is 5.92 Å². The van der Waals surface area contributed by atoms with Gasteiger partial charge in [0.25, 0.3) is 0 Å². The average Bonchev–Trinajstić information content (AvgIpc) is 2.45. The summed E-state index contributed by atoms with van der Waals surface area (Å²) in [7, 11) is 0. The number of carbonyl (C=O) groups is 1. The van der Waals surface area contributed by atoms with Crippen LogP contribution >= 0.6 is 0 Å². The van der Waals surface area contributed by atoms with E-state index >= 15 is 0 Å². The number of hydrogen-bond acceptors (Lipinski definition) is 4. The predicted molar refractivity (Wildman–Crippen MR) is 77.4 cm³/mol. The Labute approximate surface area is 122 Å². The summed E-state index contributed by atoms with van der Waals surface area (Å²) in [5.41, 5.74) is -0.124. The van der Waals surface area contributed by atoms with Crippen molar-refractivity contribution in [1.29, 1.82) is 0 Å². The molecular weight excluding hydrogens is 256 g/mol. The zero-order valence-electron chi connectivity index (χ0n) is 13.1. The predicted octanol–water partition coefficient (Wildman–Crippen LogP) is 1.33. The zero-order valence-corrected chi connectivity index (χ0v) is 13.1. The van der Waals surface area contributed by atoms with E-state index in [1.165, 1.54) is 0 Å². The van der Waals surface area contributed by atoms with Crippen molar-refractivity contribution in [3.63, 3.8) is 0 Å². The largest absolute Gasteiger partial charge is 0.378 e. The Balaban J connectivity index is 1.81. The third kappa shape index (κ3) is 4.72. The topological polar surface area (TPSA) is 42.0 Å². The number of morpholine rings is 1. The van der Waals surface area contributed by atoms with Gasteiger partial charge in [-0.1, -0.05) is 0 Å². The van der Waals surface area contributed by atoms with Gasteiger partial charge < -0.3 is 14.4 Å². The smallest absolute Gasteiger partial charge is 0.227 e. The van der Waals surface area contributed by atoms with E-state index in [0.29, 0.717) is 25.9 Å². The highest BCUT2D eigenvalue weighted by atomic mass is 16.5. The van der Waals surface area contributed by atoms with Crippen molar-refractivity contribution in [3.8, 4) is 0 Å². The van der Waals surface area contributed by atoms with Crippen molar-refractivity contribution in [3.05, 3.63) is 0 Å². The van der Waals surface area contributed by atoms with Crippen LogP contribution in [0.5, 0.6) is 0 Å². The molecular formula is C15H28N2O3. The first-order valence-corrected chi connectivity index (χ1v) is 7.68. The number of hydrogen-bond donors (Lipinski definition) is 0. The molecule has 0 saturated carbocycles. The molecule has 1 atom stereocenters. The number of likely N-dealkylation sites (tertiary alicyclic amines) is 1. The first-order valence-electron chi connectivity index (χ1n) is 7.68. The first kappa shape index (κ1) is 15.7. The highest BCUT2D eigenvalue weighted by molar-refractivity contribution is 5.79. The van der Waals surface area contributed by atoms with E-state index in [4.69, 9.17) is 9.47 Å². The van der Waals surface area contributed by atoms with Crippen LogP contribution < -0.4 is 0 Å². The van der Waals surface area contributed by atoms with Gasteiger partial charge in [-0.25, -0.2) is 0 Å². The molecule has 0 radical (unpaired) electrons. The second-order valence-corrected chi connectivity index (χ2v) is 6.74. The van der Waals surface area contributed by atoms with E-state index in [-0.39, 0.29) is 11.5 Å². The van der Waals surface area contributed by atoms with Gasteiger partial charge in [-0.3, -0.25) is 9.69 Å². The lowest BCUT2D eigenvalue weighted by atomic mass is 9.96. The number of piperidine rings is 1. The molecule has 0 aliphatic carbocycles. The van der Waals surface area contributed by atoms with Gasteiger partial charge >= 0.3 is 0 Å². The van der Waals surface area contributed by atoms with Crippen LogP contribution in [0.15, 0.2) is 0 Å². The molecule has 20 heavy (non-hydrogen) atoms. The van der Waals surface area contributed by atoms with Gasteiger partial charge in [-0.2, -0.15) is 0 Å². The van der Waals surface area contributed by atoms with E-state index < -0.39 is 0 Å². The van der Waals surface area contributed by atoms with Crippen molar-refractivity contribution in [2.75, 3.05) is 46.1 Å². The quantitative estimate of drug-likeness (QED) is 0.784. The Morgan fingerprint density at radius 1 is 1.25 bits per heavy atom. The summed E-state index contributed by atoms with van der Waals surface area (Å²) in [6.07, 6.45) is 2.08. The molecule has 5 heteroatoms. The van der Waals surface area contributed by atoms with E-state index in [2.05, 4.69) is 25.7 Å². The van der Waals surface area contributed by atoms with E-state index in [1.807, 2.05) is 4.90 Å². The maximum absolute atomic E-state index is 12.5. The fraction of sp³-hybridized carbons (Fsp3) is 0.933. The monoisotopic (exact) mass is 284 g/mol. The van der Waals surface area contributed by atoms with Crippen molar-refractivity contribution >= 4 is 5.91 Å². The molecule has 2 saturated heterocycles. The van der Waals surface area contributed by atoms with Crippen LogP contribution in [-0.4, -0.2) is 67.4 Å². The minimum absolute atomic E-state index is 0.124. The van der Waals surface area contributed by atoms with Gasteiger partial charge in [-0.05, 0) is 33.6 Å². The summed E-state index contributed by atoms with van der Waals surface area (Å²) < 4.78 is 11.1. The van der Waals surface area contributed by atoms with Crippen LogP contribution in [-0.2, 0) is 14.3 Å². The third-order valence-electron chi connectivity index (χ3n) is 3.86. The Morgan fingerprint density at radius 3 is 2.60 bits per heavy atom. The molecule has 0 aromatic carbocycles. The van der Waals surface area contributed by atoms with Crippen molar-refractivity contribution < 1.29 is 14.3 Å². The van der Waals surface area contributed by atoms with Gasteiger partial charge in [0.15, 0.2) is 0 Å². The molecule has 0 aromatic heterocycles. The fourth-order valence-electron chi connectivity index (χ4n) is 2.70. The molecule has 2 aliphatic rings. The molecule has 0 bridgehead atoms. The normalized spacial score (nSPS) is 25.8. The Bertz CT molecular complexity index is 322. The summed E-state index contributed by atoms with van der Waals surface area (Å²) in [6, 6.07) is 0. The lowest BCUT2D eigenvalue weighted by Gasteiger charge is -2.37. The standard InChI is InChI=1S/C15H28N2O3/c1-15(2,3)20-12-16-6-4-5-13(11-16)14(18)17-7-9-19-10-8-17/h13H,4-12H2,1-3H3. The summed E-state index contributed by atoms with van der Waals surface area (Å²) >= 11 is 0. The molecule has 116 valence electrons. The maximum Gasteiger partial charge on any atom is 0.227 e. The van der Waals surface area contributed by atoms with E-state index in [0.717, 1.165) is 39.0 Å². The van der Waals surface area contributed by atoms with Crippen LogP contribution in [0.3, 0.4) is 0 Å². The van der Waals surface area contributed by atoms with Gasteiger partial charge in [0.05, 0.1) is 31.5 Å². The minimum Gasteiger partial charge on any atom is -0.378 e. The molecule has 2 fully saturated rings. The van der Waals surface area contributed by atoms with Crippen molar-refractivity contribution in [2.45, 2.75) is 39.2 Å². The highest BCUT2D eigenvalue weighted by Crippen LogP contribution is 2.20. The summed E-state index contributed by atoms with van der Waals surface area (Å²) in [6.45, 7) is 11.5. The second-order valence-electron chi connectivity index (χ2n) is 6.74. The van der Waals surface area contributed by atoms with Gasteiger partial charge in [0.1, 0.15) is 0 Å². The molecule has 2 rings (SSSR count). The molecule has 0 N–H and O–H groups in total. The first-order chi connectivity index (χ1) is 9.46. The number of carbonyl (C=O) groups excluding carboxylic acids is 1. The Hall–Kier alpha value is -0.650. The molecule has 0 aromatic rings. The average molecular weight is 284 g/mol. The van der Waals surface area contributed by atoms with Gasteiger partial charge in [0, 0.05) is 26.2 Å².